The third-order valence-electron chi connectivity index (χ3n) is 3.17. The number of anilines is 1. The lowest BCUT2D eigenvalue weighted by Crippen LogP contribution is -2.29. The zero-order chi connectivity index (χ0) is 16.0. The van der Waals surface area contributed by atoms with E-state index in [1.54, 1.807) is 38.1 Å². The zero-order valence-electron chi connectivity index (χ0n) is 12.9. The monoisotopic (exact) mass is 290 g/mol. The van der Waals surface area contributed by atoms with E-state index in [0.29, 0.717) is 17.8 Å². The summed E-state index contributed by atoms with van der Waals surface area (Å²) in [6.45, 7) is 7.68. The van der Waals surface area contributed by atoms with Gasteiger partial charge in [-0.1, -0.05) is 23.8 Å². The molecule has 1 aromatic carbocycles. The number of urea groups is 1. The van der Waals surface area contributed by atoms with E-state index >= 15 is 0 Å². The molecule has 0 aliphatic rings. The largest absolute Gasteiger partial charge is 0.481 e. The second-order valence-corrected chi connectivity index (χ2v) is 5.62. The lowest BCUT2D eigenvalue weighted by molar-refractivity contribution is -0.142. The van der Waals surface area contributed by atoms with Crippen LogP contribution in [0.5, 0.6) is 0 Å². The van der Waals surface area contributed by atoms with Crippen molar-refractivity contribution in [3.8, 4) is 0 Å². The molecule has 0 heterocycles. The Morgan fingerprint density at radius 2 is 1.76 bits per heavy atom. The van der Waals surface area contributed by atoms with Gasteiger partial charge in [-0.3, -0.25) is 4.79 Å². The van der Waals surface area contributed by atoms with Crippen LogP contribution in [-0.2, 0) is 10.2 Å². The van der Waals surface area contributed by atoms with Crippen LogP contribution in [0.1, 0.15) is 33.3 Å². The molecule has 0 fully saturated rings. The average molecular weight is 290 g/mol. The van der Waals surface area contributed by atoms with Crippen molar-refractivity contribution in [2.75, 3.05) is 11.9 Å². The van der Waals surface area contributed by atoms with E-state index in [9.17, 15) is 9.59 Å². The molecule has 2 amide bonds. The van der Waals surface area contributed by atoms with Crippen molar-refractivity contribution < 1.29 is 14.7 Å². The maximum absolute atomic E-state index is 11.6. The fraction of sp³-hybridized carbons (Fsp3) is 0.375. The summed E-state index contributed by atoms with van der Waals surface area (Å²) >= 11 is 0. The summed E-state index contributed by atoms with van der Waals surface area (Å²) in [5, 5.41) is 14.6. The van der Waals surface area contributed by atoms with Gasteiger partial charge < -0.3 is 15.7 Å². The first-order valence-electron chi connectivity index (χ1n) is 6.75. The Kier molecular flexibility index (Phi) is 5.52. The van der Waals surface area contributed by atoms with Crippen LogP contribution >= 0.6 is 0 Å². The van der Waals surface area contributed by atoms with Gasteiger partial charge in [0.2, 0.25) is 0 Å². The molecule has 3 N–H and O–H groups in total. The molecule has 0 bridgehead atoms. The topological polar surface area (TPSA) is 78.4 Å². The third kappa shape index (κ3) is 4.95. The number of allylic oxidation sites excluding steroid dienone is 1. The Morgan fingerprint density at radius 3 is 2.24 bits per heavy atom. The van der Waals surface area contributed by atoms with Crippen LogP contribution in [0, 0.1) is 0 Å². The summed E-state index contributed by atoms with van der Waals surface area (Å²) in [6.07, 6.45) is 1.91. The Morgan fingerprint density at radius 1 is 1.19 bits per heavy atom. The SMILES string of the molecule is CC(C)=CCNC(=O)Nc1ccc(C(C)(C)C(=O)O)cc1. The number of carboxylic acids is 1. The standard InChI is InChI=1S/C16H22N2O3/c1-11(2)9-10-17-15(21)18-13-7-5-12(6-8-13)16(3,4)14(19)20/h5-9H,10H2,1-4H3,(H,19,20)(H2,17,18,21). The number of amides is 2. The van der Waals surface area contributed by atoms with Crippen molar-refractivity contribution in [1.82, 2.24) is 5.32 Å². The van der Waals surface area contributed by atoms with E-state index in [-0.39, 0.29) is 6.03 Å². The molecular weight excluding hydrogens is 268 g/mol. The van der Waals surface area contributed by atoms with Gasteiger partial charge in [0.15, 0.2) is 0 Å². The minimum atomic E-state index is -0.954. The highest BCUT2D eigenvalue weighted by atomic mass is 16.4. The van der Waals surface area contributed by atoms with E-state index in [4.69, 9.17) is 5.11 Å². The van der Waals surface area contributed by atoms with Gasteiger partial charge in [0, 0.05) is 12.2 Å². The predicted octanol–water partition coefficient (Wildman–Crippen LogP) is 3.14. The molecule has 21 heavy (non-hydrogen) atoms. The van der Waals surface area contributed by atoms with Crippen LogP contribution in [-0.4, -0.2) is 23.7 Å². The van der Waals surface area contributed by atoms with Crippen LogP contribution in [0.25, 0.3) is 0 Å². The van der Waals surface area contributed by atoms with E-state index in [1.165, 1.54) is 0 Å². The quantitative estimate of drug-likeness (QED) is 0.729. The van der Waals surface area contributed by atoms with E-state index < -0.39 is 11.4 Å². The molecule has 0 aromatic heterocycles. The molecular formula is C16H22N2O3. The summed E-state index contributed by atoms with van der Waals surface area (Å²) < 4.78 is 0. The molecule has 0 saturated carbocycles. The number of aliphatic carboxylic acids is 1. The summed E-state index contributed by atoms with van der Waals surface area (Å²) in [5.74, 6) is -0.886. The van der Waals surface area contributed by atoms with Gasteiger partial charge in [-0.2, -0.15) is 0 Å². The van der Waals surface area contributed by atoms with Gasteiger partial charge in [-0.25, -0.2) is 4.79 Å². The molecule has 0 saturated heterocycles. The number of carbonyl (C=O) groups is 2. The summed E-state index contributed by atoms with van der Waals surface area (Å²) in [7, 11) is 0. The minimum absolute atomic E-state index is 0.294. The van der Waals surface area contributed by atoms with Gasteiger partial charge in [0.1, 0.15) is 0 Å². The number of carbonyl (C=O) groups excluding carboxylic acids is 1. The van der Waals surface area contributed by atoms with Crippen molar-refractivity contribution in [1.29, 1.82) is 0 Å². The minimum Gasteiger partial charge on any atom is -0.481 e. The number of benzene rings is 1. The highest BCUT2D eigenvalue weighted by molar-refractivity contribution is 5.89. The van der Waals surface area contributed by atoms with E-state index in [0.717, 1.165) is 5.57 Å². The van der Waals surface area contributed by atoms with E-state index in [1.807, 2.05) is 19.9 Å². The Hall–Kier alpha value is -2.30. The Balaban J connectivity index is 2.65. The first-order valence-corrected chi connectivity index (χ1v) is 6.75. The molecule has 0 spiro atoms. The lowest BCUT2D eigenvalue weighted by Gasteiger charge is -2.19. The molecule has 1 aromatic rings. The van der Waals surface area contributed by atoms with Gasteiger partial charge >= 0.3 is 12.0 Å². The number of hydrogen-bond donors (Lipinski definition) is 3. The molecule has 114 valence electrons. The van der Waals surface area contributed by atoms with Gasteiger partial charge in [-0.05, 0) is 45.4 Å². The summed E-state index contributed by atoms with van der Waals surface area (Å²) in [6, 6.07) is 6.51. The Bertz CT molecular complexity index is 541. The predicted molar refractivity (Wildman–Crippen MR) is 83.6 cm³/mol. The van der Waals surface area contributed by atoms with Gasteiger partial charge in [-0.15, -0.1) is 0 Å². The number of nitrogens with one attached hydrogen (secondary N) is 2. The van der Waals surface area contributed by atoms with Crippen LogP contribution < -0.4 is 10.6 Å². The normalized spacial score (nSPS) is 10.7. The van der Waals surface area contributed by atoms with Crippen LogP contribution in [0.15, 0.2) is 35.9 Å². The zero-order valence-corrected chi connectivity index (χ0v) is 12.9. The van der Waals surface area contributed by atoms with Crippen molar-refractivity contribution in [3.63, 3.8) is 0 Å². The summed E-state index contributed by atoms with van der Waals surface area (Å²) in [4.78, 5) is 22.8. The average Bonchev–Trinajstić information content (AvgIpc) is 2.38. The molecule has 0 atom stereocenters. The van der Waals surface area contributed by atoms with Crippen LogP contribution in [0.3, 0.4) is 0 Å². The molecule has 1 rings (SSSR count). The second kappa shape index (κ2) is 6.92. The number of rotatable bonds is 5. The molecule has 0 aliphatic carbocycles. The van der Waals surface area contributed by atoms with Crippen molar-refractivity contribution in [2.45, 2.75) is 33.1 Å². The van der Waals surface area contributed by atoms with Crippen molar-refractivity contribution in [2.24, 2.45) is 0 Å². The van der Waals surface area contributed by atoms with Crippen molar-refractivity contribution in [3.05, 3.63) is 41.5 Å². The molecule has 5 nitrogen and oxygen atoms in total. The van der Waals surface area contributed by atoms with Gasteiger partial charge in [0.05, 0.1) is 5.41 Å². The molecule has 0 radical (unpaired) electrons. The molecule has 0 unspecified atom stereocenters. The van der Waals surface area contributed by atoms with E-state index in [2.05, 4.69) is 10.6 Å². The smallest absolute Gasteiger partial charge is 0.319 e. The van der Waals surface area contributed by atoms with Crippen LogP contribution in [0.2, 0.25) is 0 Å². The van der Waals surface area contributed by atoms with Crippen LogP contribution in [0.4, 0.5) is 10.5 Å². The maximum atomic E-state index is 11.6. The third-order valence-corrected chi connectivity index (χ3v) is 3.17. The maximum Gasteiger partial charge on any atom is 0.319 e. The Labute approximate surface area is 125 Å². The van der Waals surface area contributed by atoms with Crippen molar-refractivity contribution >= 4 is 17.7 Å². The lowest BCUT2D eigenvalue weighted by atomic mass is 9.85. The fourth-order valence-electron chi connectivity index (χ4n) is 1.62. The highest BCUT2D eigenvalue weighted by Crippen LogP contribution is 2.24. The molecule has 5 heteroatoms. The van der Waals surface area contributed by atoms with Gasteiger partial charge in [0.25, 0.3) is 0 Å². The molecule has 0 aliphatic heterocycles. The second-order valence-electron chi connectivity index (χ2n) is 5.62. The number of hydrogen-bond acceptors (Lipinski definition) is 2. The fourth-order valence-corrected chi connectivity index (χ4v) is 1.62. The first-order chi connectivity index (χ1) is 9.73. The highest BCUT2D eigenvalue weighted by Gasteiger charge is 2.29. The summed E-state index contributed by atoms with van der Waals surface area (Å²) in [5.41, 5.74) is 1.49. The first kappa shape index (κ1) is 16.8. The number of carboxylic acid groups (broad SMARTS) is 1.